The van der Waals surface area contributed by atoms with Gasteiger partial charge in [0.15, 0.2) is 5.75 Å². The molecule has 27 heavy (non-hydrogen) atoms. The van der Waals surface area contributed by atoms with Crippen molar-refractivity contribution in [1.29, 1.82) is 0 Å². The molecule has 0 bridgehead atoms. The fourth-order valence-electron chi connectivity index (χ4n) is 3.02. The summed E-state index contributed by atoms with van der Waals surface area (Å²) in [5.74, 6) is 0.423. The van der Waals surface area contributed by atoms with Gasteiger partial charge in [0.1, 0.15) is 5.75 Å². The Bertz CT molecular complexity index is 758. The number of ether oxygens (including phenoxy) is 2. The SMILES string of the molecule is CCCCNc1cc(C(=O)O)cc(N2CCOCC2)c1Oc1ccccc1. The Kier molecular flexibility index (Phi) is 6.54. The maximum absolute atomic E-state index is 11.7. The van der Waals surface area contributed by atoms with Crippen molar-refractivity contribution in [3.8, 4) is 11.5 Å². The minimum absolute atomic E-state index is 0.246. The number of carboxylic acids is 1. The van der Waals surface area contributed by atoms with Crippen LogP contribution in [0.1, 0.15) is 30.1 Å². The summed E-state index contributed by atoms with van der Waals surface area (Å²) in [7, 11) is 0. The summed E-state index contributed by atoms with van der Waals surface area (Å²) in [6, 6.07) is 12.9. The zero-order valence-corrected chi connectivity index (χ0v) is 15.6. The maximum Gasteiger partial charge on any atom is 0.335 e. The molecule has 0 saturated carbocycles. The molecule has 144 valence electrons. The van der Waals surface area contributed by atoms with Crippen LogP contribution in [0.5, 0.6) is 11.5 Å². The van der Waals surface area contributed by atoms with Gasteiger partial charge < -0.3 is 24.8 Å². The largest absolute Gasteiger partial charge is 0.478 e. The molecule has 3 rings (SSSR count). The van der Waals surface area contributed by atoms with Crippen LogP contribution in [0.25, 0.3) is 0 Å². The number of carboxylic acid groups (broad SMARTS) is 1. The van der Waals surface area contributed by atoms with Gasteiger partial charge in [-0.3, -0.25) is 0 Å². The summed E-state index contributed by atoms with van der Waals surface area (Å²) in [6.45, 7) is 5.50. The lowest BCUT2D eigenvalue weighted by Crippen LogP contribution is -2.36. The Balaban J connectivity index is 2.04. The van der Waals surface area contributed by atoms with Gasteiger partial charge in [0.25, 0.3) is 0 Å². The highest BCUT2D eigenvalue weighted by molar-refractivity contribution is 5.92. The molecule has 2 aromatic rings. The summed E-state index contributed by atoms with van der Waals surface area (Å²) >= 11 is 0. The second-order valence-corrected chi connectivity index (χ2v) is 6.47. The van der Waals surface area contributed by atoms with E-state index < -0.39 is 5.97 Å². The lowest BCUT2D eigenvalue weighted by molar-refractivity contribution is 0.0697. The van der Waals surface area contributed by atoms with Crippen molar-refractivity contribution in [2.24, 2.45) is 0 Å². The number of morpholine rings is 1. The molecule has 2 N–H and O–H groups in total. The number of hydrogen-bond donors (Lipinski definition) is 2. The fraction of sp³-hybridized carbons (Fsp3) is 0.381. The molecule has 1 saturated heterocycles. The van der Waals surface area contributed by atoms with Crippen LogP contribution in [0.2, 0.25) is 0 Å². The summed E-state index contributed by atoms with van der Waals surface area (Å²) in [4.78, 5) is 13.8. The lowest BCUT2D eigenvalue weighted by Gasteiger charge is -2.31. The van der Waals surface area contributed by atoms with E-state index in [2.05, 4.69) is 17.1 Å². The first-order valence-electron chi connectivity index (χ1n) is 9.40. The molecule has 0 amide bonds. The number of benzene rings is 2. The van der Waals surface area contributed by atoms with Gasteiger partial charge in [-0.25, -0.2) is 4.79 Å². The normalized spacial score (nSPS) is 14.0. The molecular weight excluding hydrogens is 344 g/mol. The zero-order valence-electron chi connectivity index (χ0n) is 15.6. The molecule has 6 nitrogen and oxygen atoms in total. The predicted octanol–water partition coefficient (Wildman–Crippen LogP) is 4.23. The Morgan fingerprint density at radius 3 is 2.63 bits per heavy atom. The Labute approximate surface area is 159 Å². The molecule has 0 spiro atoms. The summed E-state index contributed by atoms with van der Waals surface area (Å²) < 4.78 is 11.7. The quantitative estimate of drug-likeness (QED) is 0.678. The molecule has 2 aromatic carbocycles. The van der Waals surface area contributed by atoms with Gasteiger partial charge in [-0.1, -0.05) is 31.5 Å². The fourth-order valence-corrected chi connectivity index (χ4v) is 3.02. The molecule has 1 aliphatic heterocycles. The van der Waals surface area contributed by atoms with Gasteiger partial charge in [-0.15, -0.1) is 0 Å². The molecule has 1 heterocycles. The van der Waals surface area contributed by atoms with Crippen molar-refractivity contribution >= 4 is 17.3 Å². The lowest BCUT2D eigenvalue weighted by atomic mass is 10.1. The first-order chi connectivity index (χ1) is 13.2. The summed E-state index contributed by atoms with van der Waals surface area (Å²) in [5, 5.41) is 12.9. The van der Waals surface area contributed by atoms with E-state index in [4.69, 9.17) is 9.47 Å². The highest BCUT2D eigenvalue weighted by atomic mass is 16.5. The number of carbonyl (C=O) groups is 1. The molecule has 0 unspecified atom stereocenters. The highest BCUT2D eigenvalue weighted by Crippen LogP contribution is 2.41. The Hall–Kier alpha value is -2.73. The first-order valence-corrected chi connectivity index (χ1v) is 9.40. The van der Waals surface area contributed by atoms with E-state index in [0.717, 1.165) is 25.1 Å². The number of hydrogen-bond acceptors (Lipinski definition) is 5. The van der Waals surface area contributed by atoms with Crippen molar-refractivity contribution in [3.63, 3.8) is 0 Å². The smallest absolute Gasteiger partial charge is 0.335 e. The monoisotopic (exact) mass is 370 g/mol. The molecular formula is C21H26N2O4. The topological polar surface area (TPSA) is 71.0 Å². The van der Waals surface area contributed by atoms with Gasteiger partial charge in [0, 0.05) is 19.6 Å². The van der Waals surface area contributed by atoms with E-state index in [0.29, 0.717) is 43.5 Å². The molecule has 1 aliphatic rings. The zero-order chi connectivity index (χ0) is 19.1. The number of unbranched alkanes of at least 4 members (excludes halogenated alkanes) is 1. The van der Waals surface area contributed by atoms with Gasteiger partial charge >= 0.3 is 5.97 Å². The third-order valence-corrected chi connectivity index (χ3v) is 4.48. The van der Waals surface area contributed by atoms with Crippen LogP contribution in [0, 0.1) is 0 Å². The third kappa shape index (κ3) is 4.92. The number of nitrogens with one attached hydrogen (secondary N) is 1. The molecule has 0 atom stereocenters. The minimum atomic E-state index is -0.950. The maximum atomic E-state index is 11.7. The van der Waals surface area contributed by atoms with Crippen LogP contribution >= 0.6 is 0 Å². The second-order valence-electron chi connectivity index (χ2n) is 6.47. The third-order valence-electron chi connectivity index (χ3n) is 4.48. The standard InChI is InChI=1S/C21H26N2O4/c1-2-3-9-22-18-14-16(21(24)25)15-19(23-10-12-26-13-11-23)20(18)27-17-7-5-4-6-8-17/h4-8,14-15,22H,2-3,9-13H2,1H3,(H,24,25). The van der Waals surface area contributed by atoms with E-state index >= 15 is 0 Å². The Morgan fingerprint density at radius 1 is 1.22 bits per heavy atom. The van der Waals surface area contributed by atoms with E-state index in [1.54, 1.807) is 12.1 Å². The van der Waals surface area contributed by atoms with Crippen molar-refractivity contribution < 1.29 is 19.4 Å². The molecule has 1 fully saturated rings. The van der Waals surface area contributed by atoms with Gasteiger partial charge in [0.2, 0.25) is 0 Å². The molecule has 6 heteroatoms. The Morgan fingerprint density at radius 2 is 1.96 bits per heavy atom. The van der Waals surface area contributed by atoms with Crippen LogP contribution in [0.3, 0.4) is 0 Å². The average molecular weight is 370 g/mol. The first kappa shape index (κ1) is 19.0. The van der Waals surface area contributed by atoms with Crippen LogP contribution < -0.4 is 15.0 Å². The minimum Gasteiger partial charge on any atom is -0.478 e. The summed E-state index contributed by atoms with van der Waals surface area (Å²) in [5.41, 5.74) is 1.73. The molecule has 0 radical (unpaired) electrons. The predicted molar refractivity (Wildman–Crippen MR) is 106 cm³/mol. The number of anilines is 2. The number of rotatable bonds is 8. The van der Waals surface area contributed by atoms with Crippen molar-refractivity contribution in [2.45, 2.75) is 19.8 Å². The van der Waals surface area contributed by atoms with Gasteiger partial charge in [-0.05, 0) is 30.7 Å². The van der Waals surface area contributed by atoms with E-state index in [1.165, 1.54) is 0 Å². The number of nitrogens with zero attached hydrogens (tertiary/aromatic N) is 1. The van der Waals surface area contributed by atoms with Crippen LogP contribution in [0.4, 0.5) is 11.4 Å². The van der Waals surface area contributed by atoms with Crippen molar-refractivity contribution in [3.05, 3.63) is 48.0 Å². The van der Waals surface area contributed by atoms with Gasteiger partial charge in [0.05, 0.1) is 30.2 Å². The van der Waals surface area contributed by atoms with Gasteiger partial charge in [-0.2, -0.15) is 0 Å². The number of para-hydroxylation sites is 1. The average Bonchev–Trinajstić information content (AvgIpc) is 2.70. The second kappa shape index (κ2) is 9.28. The van der Waals surface area contributed by atoms with Crippen LogP contribution in [-0.2, 0) is 4.74 Å². The van der Waals surface area contributed by atoms with Crippen LogP contribution in [0.15, 0.2) is 42.5 Å². The van der Waals surface area contributed by atoms with Crippen molar-refractivity contribution in [1.82, 2.24) is 0 Å². The van der Waals surface area contributed by atoms with E-state index in [9.17, 15) is 9.90 Å². The molecule has 0 aromatic heterocycles. The van der Waals surface area contributed by atoms with Crippen molar-refractivity contribution in [2.75, 3.05) is 43.1 Å². The number of aromatic carboxylic acids is 1. The molecule has 0 aliphatic carbocycles. The summed E-state index contributed by atoms with van der Waals surface area (Å²) in [6.07, 6.45) is 2.05. The van der Waals surface area contributed by atoms with Crippen LogP contribution in [-0.4, -0.2) is 43.9 Å². The highest BCUT2D eigenvalue weighted by Gasteiger charge is 2.22. The van der Waals surface area contributed by atoms with E-state index in [-0.39, 0.29) is 5.56 Å². The van der Waals surface area contributed by atoms with E-state index in [1.807, 2.05) is 30.3 Å².